The molecule has 2 amide bonds. The molecule has 1 aromatic heterocycles. The SMILES string of the molecule is CCC(=O)Oc1ccc(C[N+]2(CC(=O)C[C@@H](CCc3ccccc3)C(=O)N[C@@H](CC(C)C)C(=O)C[C@@H](Cc3ccccc3)C(=O)N[C@@H](CC(C)C)C(=O)[C@@]3(C)CO3)CCOCC2)c(OCc2cn(C)nn2)c1. The van der Waals surface area contributed by atoms with Gasteiger partial charge >= 0.3 is 5.97 Å². The molecule has 72 heavy (non-hydrogen) atoms. The molecule has 16 nitrogen and oxygen atoms in total. The molecule has 0 aliphatic carbocycles. The molecule has 4 aromatic rings. The number of aryl methyl sites for hydroxylation is 2. The van der Waals surface area contributed by atoms with Crippen molar-refractivity contribution >= 4 is 35.1 Å². The predicted octanol–water partition coefficient (Wildman–Crippen LogP) is 6.50. The topological polar surface area (TPSA) is 197 Å². The molecule has 16 heteroatoms. The van der Waals surface area contributed by atoms with Gasteiger partial charge in [-0.15, -0.1) is 5.10 Å². The van der Waals surface area contributed by atoms with E-state index in [1.807, 2.05) is 94.4 Å². The van der Waals surface area contributed by atoms with Crippen LogP contribution in [0.1, 0.15) is 102 Å². The zero-order valence-electron chi connectivity index (χ0n) is 43.2. The number of ketones is 3. The highest BCUT2D eigenvalue weighted by Gasteiger charge is 2.50. The Kier molecular flexibility index (Phi) is 20.0. The number of nitrogens with one attached hydrogen (secondary N) is 2. The second-order valence-electron chi connectivity index (χ2n) is 20.8. The van der Waals surface area contributed by atoms with Crippen molar-refractivity contribution in [2.45, 2.75) is 124 Å². The number of carbonyl (C=O) groups is 6. The number of hydrogen-bond acceptors (Lipinski definition) is 12. The van der Waals surface area contributed by atoms with Gasteiger partial charge in [-0.1, -0.05) is 100 Å². The monoisotopic (exact) mass is 992 g/mol. The standard InChI is InChI=1S/C56H74N6O10/c1-8-52(65)72-47-22-21-43(51(32-47)70-36-45-33-61(7)60-59-45)34-62(23-25-69-26-24-62)35-46(63)30-42(20-19-40-15-11-9-12-16-40)54(67)57-48(27-38(2)3)50(64)31-44(29-41-17-13-10-14-18-41)55(68)58-49(28-39(4)5)53(66)56(6)37-71-56/h9-18,21-22,32-33,38-39,42,44,48-49H,8,19-20,23-31,34-37H2,1-7H3,(H-,57,58,67,68)/p+1/t42-,44-,48+,49+,56-/m1/s1. The highest BCUT2D eigenvalue weighted by atomic mass is 16.6. The lowest BCUT2D eigenvalue weighted by molar-refractivity contribution is -0.940. The van der Waals surface area contributed by atoms with Crippen LogP contribution in [0.5, 0.6) is 11.5 Å². The number of morpholine rings is 1. The van der Waals surface area contributed by atoms with Crippen molar-refractivity contribution in [3.8, 4) is 11.5 Å². The van der Waals surface area contributed by atoms with E-state index < -0.39 is 41.3 Å². The third kappa shape index (κ3) is 16.7. The summed E-state index contributed by atoms with van der Waals surface area (Å²) in [5.41, 5.74) is 2.34. The Hall–Kier alpha value is -6.10. The first kappa shape index (κ1) is 55.2. The van der Waals surface area contributed by atoms with Crippen LogP contribution in [0.2, 0.25) is 0 Å². The van der Waals surface area contributed by atoms with Gasteiger partial charge in [-0.05, 0) is 74.1 Å². The number of benzene rings is 3. The second kappa shape index (κ2) is 26.0. The molecule has 0 saturated carbocycles. The highest BCUT2D eigenvalue weighted by molar-refractivity contribution is 5.98. The molecule has 2 aliphatic heterocycles. The molecule has 0 spiro atoms. The average Bonchev–Trinajstić information content (AvgIpc) is 3.97. The van der Waals surface area contributed by atoms with Crippen molar-refractivity contribution in [1.82, 2.24) is 25.6 Å². The third-order valence-corrected chi connectivity index (χ3v) is 13.5. The van der Waals surface area contributed by atoms with Gasteiger partial charge in [0, 0.05) is 49.8 Å². The number of aromatic nitrogens is 3. The van der Waals surface area contributed by atoms with Gasteiger partial charge in [-0.2, -0.15) is 0 Å². The largest absolute Gasteiger partial charge is 0.486 e. The van der Waals surface area contributed by atoms with E-state index in [2.05, 4.69) is 20.9 Å². The van der Waals surface area contributed by atoms with Gasteiger partial charge in [0.25, 0.3) is 0 Å². The molecular weight excluding hydrogens is 917 g/mol. The number of hydrogen-bond donors (Lipinski definition) is 2. The summed E-state index contributed by atoms with van der Waals surface area (Å²) in [6, 6.07) is 22.8. The van der Waals surface area contributed by atoms with Crippen LogP contribution in [0.3, 0.4) is 0 Å². The molecule has 6 rings (SSSR count). The third-order valence-electron chi connectivity index (χ3n) is 13.5. The van der Waals surface area contributed by atoms with E-state index in [-0.39, 0.29) is 74.0 Å². The van der Waals surface area contributed by atoms with E-state index in [0.29, 0.717) is 86.8 Å². The first-order valence-corrected chi connectivity index (χ1v) is 25.6. The molecule has 5 atom stereocenters. The smallest absolute Gasteiger partial charge is 0.310 e. The van der Waals surface area contributed by atoms with E-state index >= 15 is 0 Å². The van der Waals surface area contributed by atoms with Gasteiger partial charge in [0.2, 0.25) is 11.8 Å². The maximum Gasteiger partial charge on any atom is 0.310 e. The first-order valence-electron chi connectivity index (χ1n) is 25.6. The summed E-state index contributed by atoms with van der Waals surface area (Å²) in [6.45, 7) is 14.2. The summed E-state index contributed by atoms with van der Waals surface area (Å²) in [7, 11) is 1.77. The minimum absolute atomic E-state index is 0.00492. The maximum absolute atomic E-state index is 14.7. The van der Waals surface area contributed by atoms with Crippen LogP contribution in [0.15, 0.2) is 85.1 Å². The molecule has 3 aromatic carbocycles. The Morgan fingerprint density at radius 3 is 2.06 bits per heavy atom. The van der Waals surface area contributed by atoms with Crippen molar-refractivity contribution in [1.29, 1.82) is 0 Å². The van der Waals surface area contributed by atoms with Crippen molar-refractivity contribution in [2.75, 3.05) is 39.5 Å². The Labute approximate surface area is 424 Å². The summed E-state index contributed by atoms with van der Waals surface area (Å²) in [5.74, 6) is -2.44. The fourth-order valence-electron chi connectivity index (χ4n) is 9.35. The molecule has 2 saturated heterocycles. The molecule has 0 unspecified atom stereocenters. The molecule has 2 aliphatic rings. The van der Waals surface area contributed by atoms with E-state index in [0.717, 1.165) is 16.7 Å². The Morgan fingerprint density at radius 2 is 1.44 bits per heavy atom. The van der Waals surface area contributed by atoms with E-state index in [9.17, 15) is 28.8 Å². The van der Waals surface area contributed by atoms with Crippen molar-refractivity contribution in [3.05, 3.63) is 107 Å². The normalized spacial score (nSPS) is 17.8. The summed E-state index contributed by atoms with van der Waals surface area (Å²) in [6.07, 6.45) is 3.61. The maximum atomic E-state index is 14.7. The zero-order chi connectivity index (χ0) is 51.8. The van der Waals surface area contributed by atoms with Gasteiger partial charge in [-0.25, -0.2) is 0 Å². The Balaban J connectivity index is 1.22. The van der Waals surface area contributed by atoms with Gasteiger partial charge < -0.3 is 34.1 Å². The van der Waals surface area contributed by atoms with Crippen LogP contribution in [0.25, 0.3) is 0 Å². The minimum atomic E-state index is -0.940. The Morgan fingerprint density at radius 1 is 0.819 bits per heavy atom. The van der Waals surface area contributed by atoms with Crippen molar-refractivity contribution in [2.24, 2.45) is 30.7 Å². The molecule has 3 heterocycles. The lowest BCUT2D eigenvalue weighted by Gasteiger charge is -2.41. The fraction of sp³-hybridized carbons (Fsp3) is 0.536. The predicted molar refractivity (Wildman–Crippen MR) is 270 cm³/mol. The number of carbonyl (C=O) groups excluding carboxylic acids is 6. The Bertz CT molecular complexity index is 2450. The zero-order valence-corrected chi connectivity index (χ0v) is 43.2. The summed E-state index contributed by atoms with van der Waals surface area (Å²) >= 11 is 0. The second-order valence-corrected chi connectivity index (χ2v) is 20.8. The van der Waals surface area contributed by atoms with Crippen LogP contribution in [-0.2, 0) is 71.3 Å². The quantitative estimate of drug-likeness (QED) is 0.0260. The van der Waals surface area contributed by atoms with E-state index in [4.69, 9.17) is 18.9 Å². The molecule has 2 fully saturated rings. The summed E-state index contributed by atoms with van der Waals surface area (Å²) in [5, 5.41) is 14.3. The average molecular weight is 992 g/mol. The number of amides is 2. The lowest BCUT2D eigenvalue weighted by Crippen LogP contribution is -2.57. The molecule has 2 N–H and O–H groups in total. The van der Waals surface area contributed by atoms with Crippen LogP contribution < -0.4 is 20.1 Å². The summed E-state index contributed by atoms with van der Waals surface area (Å²) in [4.78, 5) is 84.1. The van der Waals surface area contributed by atoms with Crippen LogP contribution in [0, 0.1) is 23.7 Å². The number of rotatable bonds is 29. The summed E-state index contributed by atoms with van der Waals surface area (Å²) < 4.78 is 25.1. The number of quaternary nitrogens is 1. The number of epoxide rings is 1. The van der Waals surface area contributed by atoms with Gasteiger partial charge in [0.05, 0.1) is 38.1 Å². The van der Waals surface area contributed by atoms with Crippen LogP contribution >= 0.6 is 0 Å². The highest BCUT2D eigenvalue weighted by Crippen LogP contribution is 2.32. The van der Waals surface area contributed by atoms with Crippen LogP contribution in [-0.4, -0.2) is 112 Å². The van der Waals surface area contributed by atoms with Crippen molar-refractivity contribution < 1.29 is 52.2 Å². The van der Waals surface area contributed by atoms with E-state index in [1.54, 1.807) is 43.9 Å². The van der Waals surface area contributed by atoms with Crippen molar-refractivity contribution in [3.63, 3.8) is 0 Å². The molecule has 0 radical (unpaired) electrons. The van der Waals surface area contributed by atoms with Crippen LogP contribution in [0.4, 0.5) is 0 Å². The lowest BCUT2D eigenvalue weighted by atomic mass is 9.87. The van der Waals surface area contributed by atoms with E-state index in [1.165, 1.54) is 0 Å². The van der Waals surface area contributed by atoms with Gasteiger partial charge in [0.15, 0.2) is 17.3 Å². The van der Waals surface area contributed by atoms with Gasteiger partial charge in [-0.3, -0.25) is 33.4 Å². The number of ether oxygens (including phenoxy) is 4. The molecule has 0 bridgehead atoms. The first-order chi connectivity index (χ1) is 34.4. The van der Waals surface area contributed by atoms with Gasteiger partial charge in [0.1, 0.15) is 55.6 Å². The molecular formula is C56H75N6O10+. The number of Topliss-reactive ketones (excluding diaryl/α,β-unsaturated/α-hetero) is 3. The number of esters is 1. The fourth-order valence-corrected chi connectivity index (χ4v) is 9.35. The molecule has 388 valence electrons. The number of nitrogens with zero attached hydrogens (tertiary/aromatic N) is 4. The minimum Gasteiger partial charge on any atom is -0.486 e.